The highest BCUT2D eigenvalue weighted by atomic mass is 31.2. The summed E-state index contributed by atoms with van der Waals surface area (Å²) in [4.78, 5) is 35.8. The quantitative estimate of drug-likeness (QED) is 0.0145. The molecule has 398 valence electrons. The zero-order valence-corrected chi connectivity index (χ0v) is 43.5. The van der Waals surface area contributed by atoms with Gasteiger partial charge >= 0.3 is 19.8 Å². The van der Waals surface area contributed by atoms with Gasteiger partial charge < -0.3 is 39.9 Å². The first kappa shape index (κ1) is 64.3. The predicted molar refractivity (Wildman–Crippen MR) is 276 cm³/mol. The highest BCUT2D eigenvalue weighted by molar-refractivity contribution is 7.47. The van der Waals surface area contributed by atoms with Crippen LogP contribution in [0.4, 0.5) is 0 Å². The van der Waals surface area contributed by atoms with E-state index in [-0.39, 0.29) is 12.8 Å². The van der Waals surface area contributed by atoms with Gasteiger partial charge in [-0.3, -0.25) is 18.6 Å². The molecule has 0 saturated heterocycles. The van der Waals surface area contributed by atoms with Crippen LogP contribution in [0, 0.1) is 0 Å². The molecule has 0 aromatic heterocycles. The van der Waals surface area contributed by atoms with Crippen LogP contribution in [-0.2, 0) is 32.7 Å². The van der Waals surface area contributed by atoms with Crippen molar-refractivity contribution in [3.63, 3.8) is 0 Å². The van der Waals surface area contributed by atoms with Crippen molar-refractivity contribution in [2.75, 3.05) is 13.2 Å². The van der Waals surface area contributed by atoms with Crippen LogP contribution >= 0.6 is 7.82 Å². The molecule has 0 spiro atoms. The Morgan fingerprint density at radius 1 is 0.449 bits per heavy atom. The van der Waals surface area contributed by atoms with E-state index in [4.69, 9.17) is 18.5 Å². The second-order valence-corrected chi connectivity index (χ2v) is 19.8. The monoisotopic (exact) mass is 995 g/mol. The summed E-state index contributed by atoms with van der Waals surface area (Å²) in [5.41, 5.74) is 0. The van der Waals surface area contributed by atoms with Gasteiger partial charge in [0.25, 0.3) is 0 Å². The zero-order chi connectivity index (χ0) is 50.6. The van der Waals surface area contributed by atoms with Crippen LogP contribution in [0.1, 0.15) is 206 Å². The minimum absolute atomic E-state index is 0.0411. The Hall–Kier alpha value is -2.71. The first-order chi connectivity index (χ1) is 33.4. The summed E-state index contributed by atoms with van der Waals surface area (Å²) in [5.74, 6) is -1.20. The number of phosphoric ester groups is 1. The topological polar surface area (TPSA) is 210 Å². The van der Waals surface area contributed by atoms with Crippen molar-refractivity contribution in [2.45, 2.75) is 249 Å². The molecule has 1 saturated carbocycles. The standard InChI is InChI=1S/C55H95O13P/c1-3-5-7-9-11-13-15-17-19-21-23-24-26-28-30-32-34-36-38-40-42-44-49(57)67-47(46-66-69(63,64)68-55-53(61)51(59)50(58)52(60)54(55)62)45-65-48(56)43-41-39-37-35-33-31-29-27-25-22-20-18-16-14-12-10-8-6-4-2/h12,14,17-20,25,27,31,33,37,39,47,50-55,58-62H,3-11,13,15-16,21-24,26,28-30,32,34-36,38,40-46H2,1-2H3,(H,63,64)/b14-12+,19-17+,20-18+,27-25+,33-31+,39-37+/t47-,50?,51-,52?,53?,54?,55?/m1/s1. The highest BCUT2D eigenvalue weighted by Gasteiger charge is 2.51. The van der Waals surface area contributed by atoms with Crippen molar-refractivity contribution >= 4 is 19.8 Å². The molecule has 0 aromatic carbocycles. The third-order valence-corrected chi connectivity index (χ3v) is 13.0. The number of aliphatic hydroxyl groups excluding tert-OH is 5. The molecule has 6 unspecified atom stereocenters. The van der Waals surface area contributed by atoms with Gasteiger partial charge in [-0.25, -0.2) is 4.57 Å². The van der Waals surface area contributed by atoms with Crippen LogP contribution < -0.4 is 0 Å². The van der Waals surface area contributed by atoms with Crippen LogP contribution in [-0.4, -0.2) is 98.3 Å². The van der Waals surface area contributed by atoms with E-state index in [0.29, 0.717) is 19.3 Å². The molecule has 1 aliphatic carbocycles. The van der Waals surface area contributed by atoms with Crippen LogP contribution in [0.2, 0.25) is 0 Å². The van der Waals surface area contributed by atoms with Crippen LogP contribution in [0.3, 0.4) is 0 Å². The molecule has 1 aliphatic rings. The van der Waals surface area contributed by atoms with Gasteiger partial charge in [0.05, 0.1) is 6.61 Å². The van der Waals surface area contributed by atoms with Crippen LogP contribution in [0.25, 0.3) is 0 Å². The van der Waals surface area contributed by atoms with E-state index in [0.717, 1.165) is 51.4 Å². The number of carbonyl (C=O) groups excluding carboxylic acids is 2. The zero-order valence-electron chi connectivity index (χ0n) is 42.6. The second kappa shape index (κ2) is 44.0. The van der Waals surface area contributed by atoms with Crippen molar-refractivity contribution in [1.82, 2.24) is 0 Å². The van der Waals surface area contributed by atoms with Gasteiger partial charge in [0.15, 0.2) is 6.10 Å². The van der Waals surface area contributed by atoms with E-state index >= 15 is 0 Å². The fourth-order valence-electron chi connectivity index (χ4n) is 7.74. The van der Waals surface area contributed by atoms with Gasteiger partial charge in [-0.05, 0) is 77.0 Å². The third kappa shape index (κ3) is 36.0. The lowest BCUT2D eigenvalue weighted by atomic mass is 9.85. The molecule has 0 radical (unpaired) electrons. The van der Waals surface area contributed by atoms with Crippen molar-refractivity contribution in [3.05, 3.63) is 72.9 Å². The largest absolute Gasteiger partial charge is 0.472 e. The molecule has 69 heavy (non-hydrogen) atoms. The molecular weight excluding hydrogens is 900 g/mol. The number of rotatable bonds is 44. The number of hydrogen-bond acceptors (Lipinski definition) is 12. The number of allylic oxidation sites excluding steroid dienone is 12. The summed E-state index contributed by atoms with van der Waals surface area (Å²) >= 11 is 0. The minimum Gasteiger partial charge on any atom is -0.462 e. The maximum absolute atomic E-state index is 12.9. The Labute approximate surface area is 416 Å². The minimum atomic E-state index is -5.14. The molecule has 1 rings (SSSR count). The molecule has 0 aliphatic heterocycles. The predicted octanol–water partition coefficient (Wildman–Crippen LogP) is 11.8. The summed E-state index contributed by atoms with van der Waals surface area (Å²) < 4.78 is 33.6. The van der Waals surface area contributed by atoms with Gasteiger partial charge in [0.2, 0.25) is 0 Å². The number of aliphatic hydroxyl groups is 5. The second-order valence-electron chi connectivity index (χ2n) is 18.4. The van der Waals surface area contributed by atoms with E-state index in [1.165, 1.54) is 109 Å². The molecule has 13 nitrogen and oxygen atoms in total. The van der Waals surface area contributed by atoms with E-state index in [2.05, 4.69) is 68.5 Å². The van der Waals surface area contributed by atoms with Gasteiger partial charge in [-0.1, -0.05) is 189 Å². The third-order valence-electron chi connectivity index (χ3n) is 12.0. The Kier molecular flexibility index (Phi) is 41.0. The van der Waals surface area contributed by atoms with Gasteiger partial charge in [0, 0.05) is 12.8 Å². The average Bonchev–Trinajstić information content (AvgIpc) is 3.33. The smallest absolute Gasteiger partial charge is 0.462 e. The summed E-state index contributed by atoms with van der Waals surface area (Å²) in [6.07, 6.45) is 43.9. The molecular formula is C55H95O13P. The fraction of sp³-hybridized carbons (Fsp3) is 0.745. The van der Waals surface area contributed by atoms with Crippen LogP contribution in [0.15, 0.2) is 72.9 Å². The van der Waals surface area contributed by atoms with Gasteiger partial charge in [0.1, 0.15) is 43.2 Å². The van der Waals surface area contributed by atoms with Crippen molar-refractivity contribution < 1.29 is 63.1 Å². The van der Waals surface area contributed by atoms with Crippen molar-refractivity contribution in [2.24, 2.45) is 0 Å². The molecule has 0 bridgehead atoms. The molecule has 6 N–H and O–H groups in total. The van der Waals surface area contributed by atoms with Crippen molar-refractivity contribution in [3.8, 4) is 0 Å². The molecule has 0 aromatic rings. The van der Waals surface area contributed by atoms with Crippen LogP contribution in [0.5, 0.6) is 0 Å². The lowest BCUT2D eigenvalue weighted by Gasteiger charge is -2.41. The summed E-state index contributed by atoms with van der Waals surface area (Å²) in [5, 5.41) is 50.3. The number of unbranched alkanes of at least 4 members (excludes halogenated alkanes) is 20. The first-order valence-corrected chi connectivity index (χ1v) is 28.2. The van der Waals surface area contributed by atoms with Gasteiger partial charge in [-0.2, -0.15) is 0 Å². The Bertz CT molecular complexity index is 1480. The lowest BCUT2D eigenvalue weighted by molar-refractivity contribution is -0.220. The van der Waals surface area contributed by atoms with E-state index in [1.807, 2.05) is 18.2 Å². The Morgan fingerprint density at radius 2 is 0.812 bits per heavy atom. The SMILES string of the molecule is CCCCC/C=C/C/C=C/C/C=C/C/C=C/C/C=C/CCC(=O)OC[C@H](COP(=O)(O)OC1C(O)C(O)C(O)[C@@H](O)C1O)OC(=O)CCCCCCCCCCCCC/C=C/CCCCCCCC. The van der Waals surface area contributed by atoms with Crippen molar-refractivity contribution in [1.29, 1.82) is 0 Å². The highest BCUT2D eigenvalue weighted by Crippen LogP contribution is 2.47. The molecule has 1 fully saturated rings. The van der Waals surface area contributed by atoms with E-state index < -0.39 is 75.7 Å². The lowest BCUT2D eigenvalue weighted by Crippen LogP contribution is -2.64. The number of esters is 2. The number of ether oxygens (including phenoxy) is 2. The average molecular weight is 995 g/mol. The molecule has 0 heterocycles. The Balaban J connectivity index is 2.43. The van der Waals surface area contributed by atoms with E-state index in [9.17, 15) is 44.6 Å². The fourth-order valence-corrected chi connectivity index (χ4v) is 8.71. The van der Waals surface area contributed by atoms with Gasteiger partial charge in [-0.15, -0.1) is 0 Å². The molecule has 0 amide bonds. The molecule has 8 atom stereocenters. The Morgan fingerprint density at radius 3 is 1.29 bits per heavy atom. The number of phosphoric acid groups is 1. The summed E-state index contributed by atoms with van der Waals surface area (Å²) in [6, 6.07) is 0. The number of carbonyl (C=O) groups is 2. The van der Waals surface area contributed by atoms with E-state index in [1.54, 1.807) is 0 Å². The normalized spacial score (nSPS) is 21.4. The first-order valence-electron chi connectivity index (χ1n) is 26.7. The maximum Gasteiger partial charge on any atom is 0.472 e. The summed E-state index contributed by atoms with van der Waals surface area (Å²) in [6.45, 7) is 3.23. The maximum atomic E-state index is 12.9. The number of hydrogen-bond donors (Lipinski definition) is 6. The molecule has 14 heteroatoms. The summed E-state index contributed by atoms with van der Waals surface area (Å²) in [7, 11) is -5.14.